The molecule has 2 aromatic rings. The van der Waals surface area contributed by atoms with Gasteiger partial charge in [0, 0.05) is 17.8 Å². The van der Waals surface area contributed by atoms with Gasteiger partial charge in [-0.1, -0.05) is 12.1 Å². The predicted molar refractivity (Wildman–Crippen MR) is 82.0 cm³/mol. The van der Waals surface area contributed by atoms with Crippen molar-refractivity contribution in [2.75, 3.05) is 10.6 Å². The molecule has 23 heavy (non-hydrogen) atoms. The first-order chi connectivity index (χ1) is 10.8. The van der Waals surface area contributed by atoms with E-state index >= 15 is 0 Å². The molecule has 3 N–H and O–H groups in total. The number of hydrogen-bond donors (Lipinski definition) is 3. The third-order valence-electron chi connectivity index (χ3n) is 2.75. The highest BCUT2D eigenvalue weighted by Crippen LogP contribution is 2.21. The van der Waals surface area contributed by atoms with Crippen molar-refractivity contribution >= 4 is 33.2 Å². The van der Waals surface area contributed by atoms with Crippen LogP contribution in [0.1, 0.15) is 0 Å². The number of anilines is 2. The second-order valence-electron chi connectivity index (χ2n) is 4.35. The van der Waals surface area contributed by atoms with E-state index in [1.54, 1.807) is 0 Å². The molecule has 0 atom stereocenters. The Morgan fingerprint density at radius 2 is 1.65 bits per heavy atom. The number of benzene rings is 2. The van der Waals surface area contributed by atoms with E-state index < -0.39 is 26.0 Å². The number of nitrogens with zero attached hydrogens (tertiary/aromatic N) is 1. The van der Waals surface area contributed by atoms with E-state index in [1.165, 1.54) is 42.5 Å². The number of para-hydroxylation sites is 1. The van der Waals surface area contributed by atoms with Crippen LogP contribution in [0.15, 0.2) is 53.4 Å². The van der Waals surface area contributed by atoms with Crippen molar-refractivity contribution in [3.05, 3.63) is 58.6 Å². The molecule has 10 heteroatoms. The van der Waals surface area contributed by atoms with Gasteiger partial charge in [0.2, 0.25) is 0 Å². The summed E-state index contributed by atoms with van der Waals surface area (Å²) < 4.78 is 31.5. The maximum absolute atomic E-state index is 11.8. The zero-order valence-electron chi connectivity index (χ0n) is 11.5. The van der Waals surface area contributed by atoms with Crippen LogP contribution in [0, 0.1) is 10.1 Å². The molecule has 0 aliphatic carbocycles. The molecule has 9 nitrogen and oxygen atoms in total. The summed E-state index contributed by atoms with van der Waals surface area (Å²) in [6.07, 6.45) is 0. The molecule has 2 aromatic carbocycles. The molecule has 0 aliphatic heterocycles. The van der Waals surface area contributed by atoms with Gasteiger partial charge < -0.3 is 10.6 Å². The Kier molecular flexibility index (Phi) is 4.57. The second kappa shape index (κ2) is 6.42. The summed E-state index contributed by atoms with van der Waals surface area (Å²) in [7, 11) is -4.48. The van der Waals surface area contributed by atoms with E-state index in [2.05, 4.69) is 10.6 Å². The monoisotopic (exact) mass is 337 g/mol. The standard InChI is InChI=1S/C13H11N3O6S/c17-13(14-9-5-7-10(8-6-9)16(18)19)15-11-3-1-2-4-12(11)23(20,21)22/h1-8H,(H2,14,15,17)(H,20,21,22). The maximum atomic E-state index is 11.8. The van der Waals surface area contributed by atoms with Crippen molar-refractivity contribution in [1.29, 1.82) is 0 Å². The summed E-state index contributed by atoms with van der Waals surface area (Å²) in [5, 5.41) is 15.2. The van der Waals surface area contributed by atoms with E-state index in [1.807, 2.05) is 0 Å². The SMILES string of the molecule is O=C(Nc1ccc([N+](=O)[O-])cc1)Nc1ccccc1S(=O)(=O)O. The zero-order valence-corrected chi connectivity index (χ0v) is 12.3. The van der Waals surface area contributed by atoms with Gasteiger partial charge in [-0.05, 0) is 24.3 Å². The van der Waals surface area contributed by atoms with Gasteiger partial charge in [-0.25, -0.2) is 4.79 Å². The van der Waals surface area contributed by atoms with Crippen LogP contribution in [0.25, 0.3) is 0 Å². The number of non-ortho nitro benzene ring substituents is 1. The van der Waals surface area contributed by atoms with E-state index in [4.69, 9.17) is 4.55 Å². The van der Waals surface area contributed by atoms with Crippen LogP contribution in [-0.2, 0) is 10.1 Å². The smallest absolute Gasteiger partial charge is 0.308 e. The van der Waals surface area contributed by atoms with Crippen molar-refractivity contribution in [3.8, 4) is 0 Å². The number of nitro benzene ring substituents is 1. The summed E-state index contributed by atoms with van der Waals surface area (Å²) in [5.74, 6) is 0. The van der Waals surface area contributed by atoms with Crippen LogP contribution >= 0.6 is 0 Å². The van der Waals surface area contributed by atoms with Crippen LogP contribution in [0.2, 0.25) is 0 Å². The van der Waals surface area contributed by atoms with Gasteiger partial charge >= 0.3 is 6.03 Å². The minimum atomic E-state index is -4.48. The number of amides is 2. The summed E-state index contributed by atoms with van der Waals surface area (Å²) in [6, 6.07) is 9.62. The Hall–Kier alpha value is -2.98. The molecule has 0 saturated heterocycles. The Labute approximate surface area is 130 Å². The fourth-order valence-electron chi connectivity index (χ4n) is 1.75. The summed E-state index contributed by atoms with van der Waals surface area (Å²) >= 11 is 0. The van der Waals surface area contributed by atoms with Gasteiger partial charge in [-0.3, -0.25) is 14.7 Å². The van der Waals surface area contributed by atoms with Crippen LogP contribution < -0.4 is 10.6 Å². The van der Waals surface area contributed by atoms with Gasteiger partial charge in [0.1, 0.15) is 4.90 Å². The number of hydrogen-bond acceptors (Lipinski definition) is 5. The van der Waals surface area contributed by atoms with E-state index in [9.17, 15) is 23.3 Å². The van der Waals surface area contributed by atoms with Crippen molar-refractivity contribution in [2.24, 2.45) is 0 Å². The highest BCUT2D eigenvalue weighted by molar-refractivity contribution is 7.86. The number of carbonyl (C=O) groups is 1. The fourth-order valence-corrected chi connectivity index (χ4v) is 2.39. The lowest BCUT2D eigenvalue weighted by Gasteiger charge is -2.10. The van der Waals surface area contributed by atoms with Gasteiger partial charge in [0.25, 0.3) is 15.8 Å². The van der Waals surface area contributed by atoms with E-state index in [-0.39, 0.29) is 17.1 Å². The molecule has 2 rings (SSSR count). The Morgan fingerprint density at radius 1 is 1.04 bits per heavy atom. The zero-order chi connectivity index (χ0) is 17.0. The fraction of sp³-hybridized carbons (Fsp3) is 0. The lowest BCUT2D eigenvalue weighted by molar-refractivity contribution is -0.384. The molecule has 0 aliphatic rings. The number of nitrogens with one attached hydrogen (secondary N) is 2. The van der Waals surface area contributed by atoms with Gasteiger partial charge in [0.05, 0.1) is 10.6 Å². The first-order valence-electron chi connectivity index (χ1n) is 6.16. The summed E-state index contributed by atoms with van der Waals surface area (Å²) in [4.78, 5) is 21.4. The molecule has 0 fully saturated rings. The third kappa shape index (κ3) is 4.25. The molecular weight excluding hydrogens is 326 g/mol. The van der Waals surface area contributed by atoms with Crippen molar-refractivity contribution in [2.45, 2.75) is 4.90 Å². The second-order valence-corrected chi connectivity index (χ2v) is 5.74. The quantitative estimate of drug-likeness (QED) is 0.445. The van der Waals surface area contributed by atoms with Gasteiger partial charge in [-0.2, -0.15) is 8.42 Å². The molecule has 0 saturated carbocycles. The molecule has 0 spiro atoms. The Morgan fingerprint density at radius 3 is 2.22 bits per heavy atom. The van der Waals surface area contributed by atoms with Gasteiger partial charge in [0.15, 0.2) is 0 Å². The molecular formula is C13H11N3O6S. The molecule has 0 unspecified atom stereocenters. The molecule has 0 aromatic heterocycles. The van der Waals surface area contributed by atoms with Crippen LogP contribution in [0.4, 0.5) is 21.9 Å². The maximum Gasteiger partial charge on any atom is 0.323 e. The summed E-state index contributed by atoms with van der Waals surface area (Å²) in [5.41, 5.74) is 0.0412. The number of nitro groups is 1. The molecule has 120 valence electrons. The number of urea groups is 1. The largest absolute Gasteiger partial charge is 0.323 e. The average Bonchev–Trinajstić information content (AvgIpc) is 2.47. The van der Waals surface area contributed by atoms with Crippen LogP contribution in [0.5, 0.6) is 0 Å². The average molecular weight is 337 g/mol. The minimum absolute atomic E-state index is 0.102. The third-order valence-corrected chi connectivity index (χ3v) is 3.66. The summed E-state index contributed by atoms with van der Waals surface area (Å²) in [6.45, 7) is 0. The van der Waals surface area contributed by atoms with Crippen LogP contribution in [0.3, 0.4) is 0 Å². The number of rotatable bonds is 4. The topological polar surface area (TPSA) is 139 Å². The van der Waals surface area contributed by atoms with E-state index in [0.717, 1.165) is 6.07 Å². The highest BCUT2D eigenvalue weighted by Gasteiger charge is 2.16. The van der Waals surface area contributed by atoms with Crippen LogP contribution in [-0.4, -0.2) is 23.9 Å². The highest BCUT2D eigenvalue weighted by atomic mass is 32.2. The van der Waals surface area contributed by atoms with Crippen molar-refractivity contribution < 1.29 is 22.7 Å². The lowest BCUT2D eigenvalue weighted by Crippen LogP contribution is -2.20. The molecule has 0 radical (unpaired) electrons. The van der Waals surface area contributed by atoms with Crippen molar-refractivity contribution in [1.82, 2.24) is 0 Å². The molecule has 0 heterocycles. The van der Waals surface area contributed by atoms with E-state index in [0.29, 0.717) is 0 Å². The first kappa shape index (κ1) is 16.4. The minimum Gasteiger partial charge on any atom is -0.308 e. The normalized spacial score (nSPS) is 10.8. The Balaban J connectivity index is 2.13. The first-order valence-corrected chi connectivity index (χ1v) is 7.60. The number of carbonyl (C=O) groups excluding carboxylic acids is 1. The Bertz CT molecular complexity index is 848. The molecule has 2 amide bonds. The van der Waals surface area contributed by atoms with Gasteiger partial charge in [-0.15, -0.1) is 0 Å². The molecule has 0 bridgehead atoms. The van der Waals surface area contributed by atoms with Crippen molar-refractivity contribution in [3.63, 3.8) is 0 Å². The predicted octanol–water partition coefficient (Wildman–Crippen LogP) is 2.49. The lowest BCUT2D eigenvalue weighted by atomic mass is 10.3.